The van der Waals surface area contributed by atoms with Gasteiger partial charge in [-0.2, -0.15) is 0 Å². The Labute approximate surface area is 174 Å². The van der Waals surface area contributed by atoms with E-state index in [1.165, 1.54) is 15.0 Å². The Morgan fingerprint density at radius 1 is 1.31 bits per heavy atom. The van der Waals surface area contributed by atoms with Gasteiger partial charge in [-0.25, -0.2) is 4.98 Å². The van der Waals surface area contributed by atoms with Gasteiger partial charge in [0.05, 0.1) is 12.0 Å². The van der Waals surface area contributed by atoms with Crippen LogP contribution in [-0.4, -0.2) is 22.1 Å². The van der Waals surface area contributed by atoms with Crippen molar-refractivity contribution < 1.29 is 9.53 Å². The highest BCUT2D eigenvalue weighted by molar-refractivity contribution is 7.18. The third-order valence-corrected chi connectivity index (χ3v) is 6.76. The van der Waals surface area contributed by atoms with Crippen molar-refractivity contribution in [2.24, 2.45) is 5.92 Å². The highest BCUT2D eigenvalue weighted by Crippen LogP contribution is 2.35. The van der Waals surface area contributed by atoms with Gasteiger partial charge >= 0.3 is 5.97 Å². The summed E-state index contributed by atoms with van der Waals surface area (Å²) < 4.78 is 6.84. The van der Waals surface area contributed by atoms with E-state index < -0.39 is 0 Å². The first-order chi connectivity index (χ1) is 14.0. The van der Waals surface area contributed by atoms with Gasteiger partial charge in [0.15, 0.2) is 0 Å². The fourth-order valence-corrected chi connectivity index (χ4v) is 5.41. The zero-order valence-electron chi connectivity index (χ0n) is 16.9. The largest absolute Gasteiger partial charge is 0.464 e. The topological polar surface area (TPSA) is 61.2 Å². The minimum Gasteiger partial charge on any atom is -0.464 e. The molecule has 0 bridgehead atoms. The number of carbonyl (C=O) groups is 1. The number of rotatable bonds is 6. The smallest absolute Gasteiger partial charge is 0.326 e. The zero-order chi connectivity index (χ0) is 20.4. The number of benzene rings is 1. The average molecular weight is 411 g/mol. The Morgan fingerprint density at radius 2 is 2.10 bits per heavy atom. The predicted molar refractivity (Wildman–Crippen MR) is 116 cm³/mol. The molecule has 0 radical (unpaired) electrons. The predicted octanol–water partition coefficient (Wildman–Crippen LogP) is 4.07. The summed E-state index contributed by atoms with van der Waals surface area (Å²) in [6, 6.07) is 10.1. The molecule has 5 nitrogen and oxygen atoms in total. The summed E-state index contributed by atoms with van der Waals surface area (Å²) in [5, 5.41) is 0.708. The zero-order valence-corrected chi connectivity index (χ0v) is 17.8. The quantitative estimate of drug-likeness (QED) is 0.454. The lowest BCUT2D eigenvalue weighted by molar-refractivity contribution is -0.144. The highest BCUT2D eigenvalue weighted by atomic mass is 32.1. The van der Waals surface area contributed by atoms with Crippen molar-refractivity contribution in [1.29, 1.82) is 0 Å². The molecule has 6 heteroatoms. The van der Waals surface area contributed by atoms with E-state index in [9.17, 15) is 9.59 Å². The standard InChI is InChI=1S/C23H26N2O3S/c1-15-10-11-18-19(13-15)29-22-21(18)23(27)25(16(2)24-22)14-20(26)28-12-6-9-17-7-4-3-5-8-17/h3-5,7-8,15H,6,9-14H2,1-2H3. The number of hydrogen-bond acceptors (Lipinski definition) is 5. The van der Waals surface area contributed by atoms with Crippen LogP contribution in [0.15, 0.2) is 35.1 Å². The summed E-state index contributed by atoms with van der Waals surface area (Å²) >= 11 is 1.63. The summed E-state index contributed by atoms with van der Waals surface area (Å²) in [7, 11) is 0. The van der Waals surface area contributed by atoms with E-state index in [1.54, 1.807) is 18.3 Å². The third kappa shape index (κ3) is 4.27. The third-order valence-electron chi connectivity index (χ3n) is 5.61. The molecule has 0 fully saturated rings. The van der Waals surface area contributed by atoms with Crippen LogP contribution in [-0.2, 0) is 35.3 Å². The van der Waals surface area contributed by atoms with Crippen LogP contribution in [0, 0.1) is 12.8 Å². The molecule has 1 atom stereocenters. The van der Waals surface area contributed by atoms with Crippen molar-refractivity contribution in [3.05, 3.63) is 62.5 Å². The number of fused-ring (bicyclic) bond motifs is 3. The number of aryl methyl sites for hydroxylation is 3. The molecule has 2 heterocycles. The number of nitrogens with zero attached hydrogens (tertiary/aromatic N) is 2. The maximum atomic E-state index is 13.1. The van der Waals surface area contributed by atoms with Crippen LogP contribution in [0.5, 0.6) is 0 Å². The number of hydrogen-bond donors (Lipinski definition) is 0. The van der Waals surface area contributed by atoms with E-state index in [-0.39, 0.29) is 18.1 Å². The number of thiophene rings is 1. The van der Waals surface area contributed by atoms with Crippen LogP contribution in [0.3, 0.4) is 0 Å². The summed E-state index contributed by atoms with van der Waals surface area (Å²) in [6.45, 7) is 4.30. The van der Waals surface area contributed by atoms with Crippen molar-refractivity contribution in [2.75, 3.05) is 6.61 Å². The van der Waals surface area contributed by atoms with Gasteiger partial charge in [0, 0.05) is 4.88 Å². The fourth-order valence-electron chi connectivity index (χ4n) is 3.99. The molecule has 3 aromatic rings. The van der Waals surface area contributed by atoms with Gasteiger partial charge in [0.25, 0.3) is 5.56 Å². The summed E-state index contributed by atoms with van der Waals surface area (Å²) in [6.07, 6.45) is 4.64. The molecule has 4 rings (SSSR count). The normalized spacial score (nSPS) is 16.0. The molecule has 1 aliphatic rings. The minimum absolute atomic E-state index is 0.0834. The molecule has 0 spiro atoms. The van der Waals surface area contributed by atoms with E-state index in [1.807, 2.05) is 18.2 Å². The maximum Gasteiger partial charge on any atom is 0.326 e. The van der Waals surface area contributed by atoms with Crippen molar-refractivity contribution >= 4 is 27.5 Å². The highest BCUT2D eigenvalue weighted by Gasteiger charge is 2.24. The molecule has 1 aliphatic carbocycles. The van der Waals surface area contributed by atoms with Crippen LogP contribution < -0.4 is 5.56 Å². The molecule has 1 unspecified atom stereocenters. The number of carbonyl (C=O) groups excluding carboxylic acids is 1. The van der Waals surface area contributed by atoms with E-state index in [2.05, 4.69) is 24.0 Å². The van der Waals surface area contributed by atoms with Crippen LogP contribution >= 0.6 is 11.3 Å². The summed E-state index contributed by atoms with van der Waals surface area (Å²) in [4.78, 5) is 32.2. The van der Waals surface area contributed by atoms with Gasteiger partial charge in [-0.1, -0.05) is 37.3 Å². The van der Waals surface area contributed by atoms with Gasteiger partial charge in [0.1, 0.15) is 17.2 Å². The molecule has 0 N–H and O–H groups in total. The Morgan fingerprint density at radius 3 is 2.90 bits per heavy atom. The summed E-state index contributed by atoms with van der Waals surface area (Å²) in [5.74, 6) is 0.822. The lowest BCUT2D eigenvalue weighted by Crippen LogP contribution is -2.28. The first-order valence-electron chi connectivity index (χ1n) is 10.2. The van der Waals surface area contributed by atoms with Gasteiger partial charge in [0.2, 0.25) is 0 Å². The van der Waals surface area contributed by atoms with Crippen molar-refractivity contribution in [3.63, 3.8) is 0 Å². The SMILES string of the molecule is Cc1nc2sc3c(c2c(=O)n1CC(=O)OCCCc1ccccc1)CCC(C)C3. The van der Waals surface area contributed by atoms with Gasteiger partial charge in [-0.05, 0) is 56.1 Å². The van der Waals surface area contributed by atoms with Crippen LogP contribution in [0.4, 0.5) is 0 Å². The lowest BCUT2D eigenvalue weighted by atomic mass is 9.89. The fraction of sp³-hybridized carbons (Fsp3) is 0.435. The van der Waals surface area contributed by atoms with Crippen LogP contribution in [0.1, 0.15) is 41.6 Å². The second-order valence-corrected chi connectivity index (χ2v) is 8.98. The van der Waals surface area contributed by atoms with E-state index in [4.69, 9.17) is 4.74 Å². The molecule has 0 amide bonds. The minimum atomic E-state index is -0.387. The van der Waals surface area contributed by atoms with E-state index in [0.717, 1.165) is 42.5 Å². The molecule has 1 aromatic carbocycles. The van der Waals surface area contributed by atoms with E-state index >= 15 is 0 Å². The van der Waals surface area contributed by atoms with Crippen molar-refractivity contribution in [3.8, 4) is 0 Å². The van der Waals surface area contributed by atoms with Crippen molar-refractivity contribution in [2.45, 2.75) is 52.5 Å². The van der Waals surface area contributed by atoms with Gasteiger partial charge in [-0.15, -0.1) is 11.3 Å². The number of aromatic nitrogens is 2. The maximum absolute atomic E-state index is 13.1. The first-order valence-corrected chi connectivity index (χ1v) is 11.1. The van der Waals surface area contributed by atoms with Crippen molar-refractivity contribution in [1.82, 2.24) is 9.55 Å². The second-order valence-electron chi connectivity index (χ2n) is 7.89. The van der Waals surface area contributed by atoms with Gasteiger partial charge < -0.3 is 4.74 Å². The van der Waals surface area contributed by atoms with Crippen LogP contribution in [0.2, 0.25) is 0 Å². The number of esters is 1. The van der Waals surface area contributed by atoms with E-state index in [0.29, 0.717) is 23.7 Å². The lowest BCUT2D eigenvalue weighted by Gasteiger charge is -2.17. The second kappa shape index (κ2) is 8.49. The molecule has 29 heavy (non-hydrogen) atoms. The summed E-state index contributed by atoms with van der Waals surface area (Å²) in [5.41, 5.74) is 2.26. The number of ether oxygens (including phenoxy) is 1. The molecule has 152 valence electrons. The molecule has 2 aromatic heterocycles. The monoisotopic (exact) mass is 410 g/mol. The molecular weight excluding hydrogens is 384 g/mol. The molecular formula is C23H26N2O3S. The van der Waals surface area contributed by atoms with Crippen LogP contribution in [0.25, 0.3) is 10.2 Å². The first kappa shape index (κ1) is 19.8. The molecule has 0 saturated carbocycles. The average Bonchev–Trinajstić information content (AvgIpc) is 3.06. The Kier molecular flexibility index (Phi) is 5.81. The Balaban J connectivity index is 1.45. The molecule has 0 aliphatic heterocycles. The Bertz CT molecular complexity index is 1080. The Hall–Kier alpha value is -2.47. The molecule has 0 saturated heterocycles. The van der Waals surface area contributed by atoms with Gasteiger partial charge in [-0.3, -0.25) is 14.2 Å².